The maximum Gasteiger partial charge on any atom is 0.170 e. The molecule has 0 bridgehead atoms. The van der Waals surface area contributed by atoms with E-state index in [2.05, 4.69) is 38.1 Å². The quantitative estimate of drug-likeness (QED) is 0.713. The zero-order valence-electron chi connectivity index (χ0n) is 15.3. The van der Waals surface area contributed by atoms with Crippen LogP contribution in [-0.2, 0) is 11.3 Å². The SMILES string of the molecule is OCCCN1C(=S)N[C@H](c2ccccn2)[C@H]1c1cccn1C[C@H]1CCCO1. The molecule has 0 unspecified atom stereocenters. The lowest BCUT2D eigenvalue weighted by atomic mass is 10.0. The molecule has 6 nitrogen and oxygen atoms in total. The van der Waals surface area contributed by atoms with Crippen molar-refractivity contribution in [3.05, 3.63) is 54.1 Å². The first-order valence-corrected chi connectivity index (χ1v) is 10.0. The largest absolute Gasteiger partial charge is 0.396 e. The van der Waals surface area contributed by atoms with Gasteiger partial charge in [0.05, 0.1) is 23.9 Å². The van der Waals surface area contributed by atoms with Crippen LogP contribution in [-0.4, -0.2) is 50.5 Å². The molecule has 144 valence electrons. The Morgan fingerprint density at radius 2 is 2.22 bits per heavy atom. The van der Waals surface area contributed by atoms with Gasteiger partial charge in [0.25, 0.3) is 0 Å². The summed E-state index contributed by atoms with van der Waals surface area (Å²) < 4.78 is 8.14. The van der Waals surface area contributed by atoms with Crippen molar-refractivity contribution in [2.75, 3.05) is 19.8 Å². The van der Waals surface area contributed by atoms with Gasteiger partial charge in [-0.2, -0.15) is 0 Å². The maximum absolute atomic E-state index is 9.33. The molecular weight excluding hydrogens is 360 g/mol. The summed E-state index contributed by atoms with van der Waals surface area (Å²) in [6.07, 6.45) is 7.14. The maximum atomic E-state index is 9.33. The second kappa shape index (κ2) is 8.37. The molecule has 2 N–H and O–H groups in total. The lowest BCUT2D eigenvalue weighted by Gasteiger charge is -2.29. The second-order valence-corrected chi connectivity index (χ2v) is 7.50. The van der Waals surface area contributed by atoms with Crippen LogP contribution in [0.15, 0.2) is 42.7 Å². The van der Waals surface area contributed by atoms with E-state index in [1.807, 2.05) is 24.4 Å². The Kier molecular flexibility index (Phi) is 5.71. The number of pyridine rings is 1. The number of ether oxygens (including phenoxy) is 1. The number of aliphatic hydroxyl groups excluding tert-OH is 1. The van der Waals surface area contributed by atoms with E-state index in [0.717, 1.165) is 31.7 Å². The van der Waals surface area contributed by atoms with Gasteiger partial charge in [0, 0.05) is 44.4 Å². The molecule has 4 rings (SSSR count). The van der Waals surface area contributed by atoms with Crippen molar-refractivity contribution < 1.29 is 9.84 Å². The lowest BCUT2D eigenvalue weighted by molar-refractivity contribution is 0.0953. The monoisotopic (exact) mass is 386 g/mol. The summed E-state index contributed by atoms with van der Waals surface area (Å²) in [5.41, 5.74) is 2.17. The molecule has 2 aliphatic rings. The van der Waals surface area contributed by atoms with Gasteiger partial charge in [0.2, 0.25) is 0 Å². The predicted molar refractivity (Wildman–Crippen MR) is 107 cm³/mol. The number of hydrogen-bond donors (Lipinski definition) is 2. The molecule has 0 aliphatic carbocycles. The van der Waals surface area contributed by atoms with Crippen LogP contribution in [0, 0.1) is 0 Å². The highest BCUT2D eigenvalue weighted by atomic mass is 32.1. The third-order valence-electron chi connectivity index (χ3n) is 5.35. The highest BCUT2D eigenvalue weighted by molar-refractivity contribution is 7.80. The molecule has 2 fully saturated rings. The molecule has 7 heteroatoms. The molecule has 0 spiro atoms. The summed E-state index contributed by atoms with van der Waals surface area (Å²) in [5.74, 6) is 0. The van der Waals surface area contributed by atoms with Crippen LogP contribution in [0.2, 0.25) is 0 Å². The molecule has 2 aromatic heterocycles. The zero-order chi connectivity index (χ0) is 18.6. The Bertz CT molecular complexity index is 760. The summed E-state index contributed by atoms with van der Waals surface area (Å²) in [6.45, 7) is 2.57. The first-order chi connectivity index (χ1) is 13.3. The first kappa shape index (κ1) is 18.4. The van der Waals surface area contributed by atoms with E-state index >= 15 is 0 Å². The van der Waals surface area contributed by atoms with Crippen LogP contribution in [0.1, 0.15) is 42.7 Å². The van der Waals surface area contributed by atoms with E-state index in [-0.39, 0.29) is 24.8 Å². The number of aliphatic hydroxyl groups is 1. The Morgan fingerprint density at radius 3 is 2.96 bits per heavy atom. The average Bonchev–Trinajstić information content (AvgIpc) is 3.42. The van der Waals surface area contributed by atoms with E-state index in [0.29, 0.717) is 18.1 Å². The molecule has 0 saturated carbocycles. The Balaban J connectivity index is 1.66. The summed E-state index contributed by atoms with van der Waals surface area (Å²) in [5, 5.41) is 13.5. The molecule has 0 aromatic carbocycles. The first-order valence-electron chi connectivity index (χ1n) is 9.63. The molecule has 3 atom stereocenters. The van der Waals surface area contributed by atoms with E-state index in [1.165, 1.54) is 5.69 Å². The van der Waals surface area contributed by atoms with Crippen LogP contribution in [0.25, 0.3) is 0 Å². The molecule has 0 amide bonds. The third-order valence-corrected chi connectivity index (χ3v) is 5.70. The molecule has 2 saturated heterocycles. The van der Waals surface area contributed by atoms with Crippen molar-refractivity contribution in [1.82, 2.24) is 19.8 Å². The van der Waals surface area contributed by atoms with Gasteiger partial charge in [0.15, 0.2) is 5.11 Å². The highest BCUT2D eigenvalue weighted by Crippen LogP contribution is 2.39. The fourth-order valence-corrected chi connectivity index (χ4v) is 4.41. The van der Waals surface area contributed by atoms with Gasteiger partial charge >= 0.3 is 0 Å². The lowest BCUT2D eigenvalue weighted by Crippen LogP contribution is -2.32. The molecule has 0 radical (unpaired) electrons. The summed E-state index contributed by atoms with van der Waals surface area (Å²) in [6, 6.07) is 10.2. The predicted octanol–water partition coefficient (Wildman–Crippen LogP) is 2.42. The van der Waals surface area contributed by atoms with Gasteiger partial charge in [-0.25, -0.2) is 0 Å². The number of rotatable bonds is 7. The second-order valence-electron chi connectivity index (χ2n) is 7.12. The highest BCUT2D eigenvalue weighted by Gasteiger charge is 2.40. The van der Waals surface area contributed by atoms with Gasteiger partial charge in [-0.15, -0.1) is 0 Å². The van der Waals surface area contributed by atoms with Crippen molar-refractivity contribution in [3.63, 3.8) is 0 Å². The zero-order valence-corrected chi connectivity index (χ0v) is 16.1. The van der Waals surface area contributed by atoms with Gasteiger partial charge in [0.1, 0.15) is 0 Å². The topological polar surface area (TPSA) is 62.5 Å². The molecular formula is C20H26N4O2S. The normalized spacial score (nSPS) is 25.1. The summed E-state index contributed by atoms with van der Waals surface area (Å²) in [7, 11) is 0. The van der Waals surface area contributed by atoms with Gasteiger partial charge < -0.3 is 24.6 Å². The van der Waals surface area contributed by atoms with Gasteiger partial charge in [-0.05, 0) is 55.7 Å². The molecule has 2 aliphatic heterocycles. The fourth-order valence-electron chi connectivity index (χ4n) is 4.08. The Labute approximate surface area is 165 Å². The summed E-state index contributed by atoms with van der Waals surface area (Å²) in [4.78, 5) is 6.76. The van der Waals surface area contributed by atoms with Crippen molar-refractivity contribution in [2.24, 2.45) is 0 Å². The van der Waals surface area contributed by atoms with Crippen molar-refractivity contribution in [1.29, 1.82) is 0 Å². The number of nitrogens with one attached hydrogen (secondary N) is 1. The van der Waals surface area contributed by atoms with Crippen LogP contribution in [0.3, 0.4) is 0 Å². The molecule has 2 aromatic rings. The number of aromatic nitrogens is 2. The number of nitrogens with zero attached hydrogens (tertiary/aromatic N) is 3. The fraction of sp³-hybridized carbons (Fsp3) is 0.500. The van der Waals surface area contributed by atoms with Crippen LogP contribution >= 0.6 is 12.2 Å². The van der Waals surface area contributed by atoms with Crippen molar-refractivity contribution in [2.45, 2.75) is 44.0 Å². The minimum absolute atomic E-state index is 0.0180. The molecule has 27 heavy (non-hydrogen) atoms. The van der Waals surface area contributed by atoms with E-state index in [4.69, 9.17) is 17.0 Å². The molecule has 4 heterocycles. The Hall–Kier alpha value is -1.96. The van der Waals surface area contributed by atoms with Crippen LogP contribution in [0.4, 0.5) is 0 Å². The summed E-state index contributed by atoms with van der Waals surface area (Å²) >= 11 is 5.64. The smallest absolute Gasteiger partial charge is 0.170 e. The van der Waals surface area contributed by atoms with E-state index in [9.17, 15) is 5.11 Å². The number of hydrogen-bond acceptors (Lipinski definition) is 4. The van der Waals surface area contributed by atoms with Crippen LogP contribution < -0.4 is 5.32 Å². The standard InChI is InChI=1S/C20H26N4O2S/c25-12-5-11-24-19(18(22-20(24)27)16-7-1-2-9-21-16)17-8-3-10-23(17)14-15-6-4-13-26-15/h1-3,7-10,15,18-19,25H,4-6,11-14H2,(H,22,27)/t15-,18-,19-/m1/s1. The van der Waals surface area contributed by atoms with Gasteiger partial charge in [-0.3, -0.25) is 4.98 Å². The minimum Gasteiger partial charge on any atom is -0.396 e. The Morgan fingerprint density at radius 1 is 1.30 bits per heavy atom. The van der Waals surface area contributed by atoms with Crippen molar-refractivity contribution in [3.8, 4) is 0 Å². The minimum atomic E-state index is -0.0180. The van der Waals surface area contributed by atoms with Gasteiger partial charge in [-0.1, -0.05) is 6.07 Å². The average molecular weight is 387 g/mol. The van der Waals surface area contributed by atoms with E-state index < -0.39 is 0 Å². The van der Waals surface area contributed by atoms with E-state index in [1.54, 1.807) is 0 Å². The van der Waals surface area contributed by atoms with Crippen LogP contribution in [0.5, 0.6) is 0 Å². The number of thiocarbonyl (C=S) groups is 1. The third kappa shape index (κ3) is 3.85. The van der Waals surface area contributed by atoms with Crippen molar-refractivity contribution >= 4 is 17.3 Å².